The van der Waals surface area contributed by atoms with Gasteiger partial charge in [-0.05, 0) is 29.8 Å². The number of benzene rings is 2. The van der Waals surface area contributed by atoms with Crippen molar-refractivity contribution in [3.8, 4) is 0 Å². The molecule has 0 amide bonds. The van der Waals surface area contributed by atoms with Gasteiger partial charge in [0.1, 0.15) is 0 Å². The molecule has 2 aromatic rings. The van der Waals surface area contributed by atoms with E-state index in [0.717, 1.165) is 6.07 Å². The van der Waals surface area contributed by atoms with Crippen LogP contribution in [0.3, 0.4) is 0 Å². The molecule has 0 fully saturated rings. The van der Waals surface area contributed by atoms with Crippen LogP contribution in [-0.2, 0) is 0 Å². The van der Waals surface area contributed by atoms with Gasteiger partial charge in [-0.1, -0.05) is 35.3 Å². The molecule has 0 saturated heterocycles. The first-order chi connectivity index (χ1) is 9.04. The highest BCUT2D eigenvalue weighted by Gasteiger charge is 2.21. The molecule has 2 nitrogen and oxygen atoms in total. The summed E-state index contributed by atoms with van der Waals surface area (Å²) in [4.78, 5) is 0. The maximum Gasteiger partial charge on any atom is 0.163 e. The zero-order valence-corrected chi connectivity index (χ0v) is 11.1. The summed E-state index contributed by atoms with van der Waals surface area (Å²) in [6.45, 7) is 0. The van der Waals surface area contributed by atoms with Gasteiger partial charge in [-0.25, -0.2) is 14.2 Å². The molecule has 100 valence electrons. The lowest BCUT2D eigenvalue weighted by Crippen LogP contribution is -2.30. The Hall–Kier alpha value is -1.20. The summed E-state index contributed by atoms with van der Waals surface area (Å²) in [6.07, 6.45) is 0. The number of nitrogens with one attached hydrogen (secondary N) is 1. The lowest BCUT2D eigenvalue weighted by Gasteiger charge is -2.19. The van der Waals surface area contributed by atoms with E-state index in [1.165, 1.54) is 12.1 Å². The van der Waals surface area contributed by atoms with E-state index in [2.05, 4.69) is 5.43 Å². The number of rotatable bonds is 3. The van der Waals surface area contributed by atoms with Crippen molar-refractivity contribution >= 4 is 23.2 Å². The van der Waals surface area contributed by atoms with Crippen molar-refractivity contribution in [3.63, 3.8) is 0 Å². The van der Waals surface area contributed by atoms with Gasteiger partial charge < -0.3 is 0 Å². The van der Waals surface area contributed by atoms with Crippen LogP contribution in [0, 0.1) is 11.6 Å². The smallest absolute Gasteiger partial charge is 0.163 e. The molecule has 1 atom stereocenters. The molecule has 0 aliphatic heterocycles. The maximum atomic E-state index is 13.8. The Morgan fingerprint density at radius 2 is 1.79 bits per heavy atom. The molecule has 0 spiro atoms. The second-order valence-corrected chi connectivity index (χ2v) is 4.75. The van der Waals surface area contributed by atoms with Gasteiger partial charge in [0.05, 0.1) is 6.04 Å². The molecular weight excluding hydrogens is 293 g/mol. The normalized spacial score (nSPS) is 12.5. The SMILES string of the molecule is NNC(c1cc(Cl)ccc1Cl)c1cccc(F)c1F. The van der Waals surface area contributed by atoms with Crippen molar-refractivity contribution in [1.29, 1.82) is 0 Å². The highest BCUT2D eigenvalue weighted by Crippen LogP contribution is 2.31. The van der Waals surface area contributed by atoms with Gasteiger partial charge in [0.25, 0.3) is 0 Å². The largest absolute Gasteiger partial charge is 0.271 e. The summed E-state index contributed by atoms with van der Waals surface area (Å²) in [5.74, 6) is 3.51. The fourth-order valence-corrected chi connectivity index (χ4v) is 2.23. The van der Waals surface area contributed by atoms with Crippen molar-refractivity contribution in [1.82, 2.24) is 5.43 Å². The Kier molecular flexibility index (Phi) is 4.37. The zero-order chi connectivity index (χ0) is 14.0. The molecule has 6 heteroatoms. The van der Waals surface area contributed by atoms with Crippen LogP contribution in [0.5, 0.6) is 0 Å². The molecule has 0 aliphatic rings. The molecule has 2 rings (SSSR count). The average Bonchev–Trinajstić information content (AvgIpc) is 2.39. The fraction of sp³-hybridized carbons (Fsp3) is 0.0769. The summed E-state index contributed by atoms with van der Waals surface area (Å²) >= 11 is 11.9. The maximum absolute atomic E-state index is 13.8. The standard InChI is InChI=1S/C13H10Cl2F2N2/c14-7-4-5-10(15)9(6-7)13(19-18)8-2-1-3-11(16)12(8)17/h1-6,13,19H,18H2. The van der Waals surface area contributed by atoms with E-state index in [4.69, 9.17) is 29.0 Å². The average molecular weight is 303 g/mol. The third-order valence-corrected chi connectivity index (χ3v) is 3.31. The van der Waals surface area contributed by atoms with Gasteiger partial charge in [0, 0.05) is 15.6 Å². The predicted molar refractivity (Wildman–Crippen MR) is 72.0 cm³/mol. The Balaban J connectivity index is 2.56. The number of halogens is 4. The van der Waals surface area contributed by atoms with E-state index >= 15 is 0 Å². The van der Waals surface area contributed by atoms with Gasteiger partial charge >= 0.3 is 0 Å². The van der Waals surface area contributed by atoms with Gasteiger partial charge in [-0.15, -0.1) is 0 Å². The molecule has 0 heterocycles. The van der Waals surface area contributed by atoms with Crippen LogP contribution in [0.4, 0.5) is 8.78 Å². The fourth-order valence-electron chi connectivity index (χ4n) is 1.83. The van der Waals surface area contributed by atoms with Crippen molar-refractivity contribution in [2.45, 2.75) is 6.04 Å². The molecule has 3 N–H and O–H groups in total. The van der Waals surface area contributed by atoms with Crippen molar-refractivity contribution < 1.29 is 8.78 Å². The molecule has 0 aliphatic carbocycles. The second kappa shape index (κ2) is 5.84. The first-order valence-corrected chi connectivity index (χ1v) is 6.15. The van der Waals surface area contributed by atoms with Crippen LogP contribution in [-0.4, -0.2) is 0 Å². The van der Waals surface area contributed by atoms with Crippen LogP contribution in [0.1, 0.15) is 17.2 Å². The number of hydrogen-bond donors (Lipinski definition) is 2. The minimum Gasteiger partial charge on any atom is -0.271 e. The van der Waals surface area contributed by atoms with Crippen LogP contribution in [0.2, 0.25) is 10.0 Å². The van der Waals surface area contributed by atoms with Gasteiger partial charge in [0.2, 0.25) is 0 Å². The number of hydrogen-bond acceptors (Lipinski definition) is 2. The summed E-state index contributed by atoms with van der Waals surface area (Å²) < 4.78 is 27.1. The van der Waals surface area contributed by atoms with E-state index in [1.807, 2.05) is 0 Å². The highest BCUT2D eigenvalue weighted by atomic mass is 35.5. The Bertz CT molecular complexity index is 603. The highest BCUT2D eigenvalue weighted by molar-refractivity contribution is 6.33. The third kappa shape index (κ3) is 2.87. The van der Waals surface area contributed by atoms with Gasteiger partial charge in [-0.2, -0.15) is 0 Å². The molecule has 19 heavy (non-hydrogen) atoms. The third-order valence-electron chi connectivity index (χ3n) is 2.73. The van der Waals surface area contributed by atoms with Crippen molar-refractivity contribution in [2.24, 2.45) is 5.84 Å². The molecule has 0 radical (unpaired) electrons. The van der Waals surface area contributed by atoms with Gasteiger partial charge in [0.15, 0.2) is 11.6 Å². The Morgan fingerprint density at radius 3 is 2.47 bits per heavy atom. The lowest BCUT2D eigenvalue weighted by molar-refractivity contribution is 0.483. The van der Waals surface area contributed by atoms with E-state index in [0.29, 0.717) is 15.6 Å². The van der Waals surface area contributed by atoms with Crippen LogP contribution >= 0.6 is 23.2 Å². The topological polar surface area (TPSA) is 38.0 Å². The molecule has 0 aromatic heterocycles. The van der Waals surface area contributed by atoms with Crippen LogP contribution in [0.25, 0.3) is 0 Å². The van der Waals surface area contributed by atoms with Crippen molar-refractivity contribution in [2.75, 3.05) is 0 Å². The quantitative estimate of drug-likeness (QED) is 0.668. The summed E-state index contributed by atoms with van der Waals surface area (Å²) in [6, 6.07) is 7.80. The predicted octanol–water partition coefficient (Wildman–Crippen LogP) is 3.82. The van der Waals surface area contributed by atoms with Crippen molar-refractivity contribution in [3.05, 3.63) is 69.2 Å². The summed E-state index contributed by atoms with van der Waals surface area (Å²) in [5, 5.41) is 0.785. The Labute approximate surface area is 119 Å². The molecule has 0 bridgehead atoms. The molecule has 0 saturated carbocycles. The van der Waals surface area contributed by atoms with E-state index in [1.54, 1.807) is 18.2 Å². The second-order valence-electron chi connectivity index (χ2n) is 3.91. The molecule has 1 unspecified atom stereocenters. The first-order valence-electron chi connectivity index (χ1n) is 5.39. The van der Waals surface area contributed by atoms with Gasteiger partial charge in [-0.3, -0.25) is 5.84 Å². The number of nitrogens with two attached hydrogens (primary N) is 1. The minimum atomic E-state index is -0.971. The summed E-state index contributed by atoms with van der Waals surface area (Å²) in [5.41, 5.74) is 2.96. The zero-order valence-electron chi connectivity index (χ0n) is 9.63. The van der Waals surface area contributed by atoms with Crippen LogP contribution < -0.4 is 11.3 Å². The monoisotopic (exact) mass is 302 g/mol. The van der Waals surface area contributed by atoms with Crippen LogP contribution in [0.15, 0.2) is 36.4 Å². The van der Waals surface area contributed by atoms with E-state index in [9.17, 15) is 8.78 Å². The molecule has 2 aromatic carbocycles. The number of hydrazine groups is 1. The van der Waals surface area contributed by atoms with E-state index in [-0.39, 0.29) is 5.56 Å². The Morgan fingerprint density at radius 1 is 1.05 bits per heavy atom. The summed E-state index contributed by atoms with van der Waals surface area (Å²) in [7, 11) is 0. The lowest BCUT2D eigenvalue weighted by atomic mass is 9.98. The first kappa shape index (κ1) is 14.2. The molecular formula is C13H10Cl2F2N2. The van der Waals surface area contributed by atoms with E-state index < -0.39 is 17.7 Å². The minimum absolute atomic E-state index is 0.0617.